The number of rotatable bonds is 8. The monoisotopic (exact) mass is 474 g/mol. The van der Waals surface area contributed by atoms with Gasteiger partial charge in [-0.2, -0.15) is 0 Å². The van der Waals surface area contributed by atoms with Crippen LogP contribution in [-0.2, 0) is 18.9 Å². The number of nitrogens with zero attached hydrogens (tertiary/aromatic N) is 1. The van der Waals surface area contributed by atoms with Gasteiger partial charge in [-0.3, -0.25) is 10.1 Å². The molecule has 2 rings (SSSR count). The van der Waals surface area contributed by atoms with Gasteiger partial charge in [-0.1, -0.05) is 12.1 Å². The normalized spacial score (nSPS) is 15.8. The topological polar surface area (TPSA) is 126 Å². The van der Waals surface area contributed by atoms with Gasteiger partial charge in [0.2, 0.25) is 0 Å². The summed E-state index contributed by atoms with van der Waals surface area (Å²) in [5.41, 5.74) is 0.639. The summed E-state index contributed by atoms with van der Waals surface area (Å²) >= 11 is 11.0. The molecule has 0 bridgehead atoms. The number of hydrogen-bond donors (Lipinski definition) is 1. The molecule has 1 unspecified atom stereocenters. The second-order valence-corrected chi connectivity index (χ2v) is 6.90. The van der Waals surface area contributed by atoms with Crippen LogP contribution in [0.1, 0.15) is 19.4 Å². The van der Waals surface area contributed by atoms with Crippen molar-refractivity contribution in [1.29, 1.82) is 0 Å². The van der Waals surface area contributed by atoms with Crippen LogP contribution in [0.4, 0.5) is 15.3 Å². The smallest absolute Gasteiger partial charge is 0.433 e. The number of alkyl halides is 2. The van der Waals surface area contributed by atoms with Crippen molar-refractivity contribution in [2.45, 2.75) is 19.9 Å². The summed E-state index contributed by atoms with van der Waals surface area (Å²) < 4.78 is 20.4. The Hall–Kier alpha value is -2.98. The van der Waals surface area contributed by atoms with Crippen molar-refractivity contribution in [2.24, 2.45) is 0 Å². The molecule has 1 aromatic carbocycles. The Morgan fingerprint density at radius 1 is 1.13 bits per heavy atom. The molecule has 10 nitrogen and oxygen atoms in total. The number of ether oxygens (including phenoxy) is 4. The average molecular weight is 475 g/mol. The molecule has 0 saturated carbocycles. The van der Waals surface area contributed by atoms with E-state index in [0.29, 0.717) is 5.70 Å². The first kappa shape index (κ1) is 24.3. The number of carbonyl (C=O) groups is 2. The number of allylic oxidation sites excluding steroid dienone is 2. The lowest BCUT2D eigenvalue weighted by molar-refractivity contribution is -0.384. The largest absolute Gasteiger partial charge is 0.513 e. The van der Waals surface area contributed by atoms with Crippen LogP contribution in [0, 0.1) is 10.1 Å². The maximum Gasteiger partial charge on any atom is 0.513 e. The van der Waals surface area contributed by atoms with Crippen LogP contribution < -0.4 is 5.32 Å². The lowest BCUT2D eigenvalue weighted by Crippen LogP contribution is -2.35. The fraction of sp³-hybridized carbons (Fsp3) is 0.368. The average Bonchev–Trinajstić information content (AvgIpc) is 2.74. The van der Waals surface area contributed by atoms with Gasteiger partial charge in [0.1, 0.15) is 19.0 Å². The highest BCUT2D eigenvalue weighted by Gasteiger charge is 2.33. The lowest BCUT2D eigenvalue weighted by Gasteiger charge is -2.29. The molecule has 0 spiro atoms. The molecule has 0 saturated heterocycles. The summed E-state index contributed by atoms with van der Waals surface area (Å²) in [4.78, 5) is 34.8. The number of nitro benzene ring substituents is 1. The summed E-state index contributed by atoms with van der Waals surface area (Å²) in [6, 6.07) is 5.00. The Bertz CT molecular complexity index is 916. The third-order valence-corrected chi connectivity index (χ3v) is 4.27. The van der Waals surface area contributed by atoms with E-state index in [1.807, 2.05) is 0 Å². The summed E-state index contributed by atoms with van der Waals surface area (Å²) in [5, 5.41) is 14.3. The highest BCUT2D eigenvalue weighted by atomic mass is 35.5. The minimum atomic E-state index is -1.04. The highest BCUT2D eigenvalue weighted by Crippen LogP contribution is 2.36. The highest BCUT2D eigenvalue weighted by molar-refractivity contribution is 6.18. The molecule has 1 aliphatic rings. The standard InChI is InChI=1S/C19H20Cl2N2O8/c1-11-16(30-18(24)28-8-6-20)15(13-4-3-5-14(10-13)23(26)27)17(12(2)22-11)31-19(25)29-9-7-21/h3-5,10-11,22H,6-9H2,1-2H3. The van der Waals surface area contributed by atoms with E-state index in [9.17, 15) is 19.7 Å². The maximum atomic E-state index is 12.1. The predicted octanol–water partition coefficient (Wildman–Crippen LogP) is 4.31. The fourth-order valence-corrected chi connectivity index (χ4v) is 2.92. The number of nitrogens with one attached hydrogen (secondary N) is 1. The van der Waals surface area contributed by atoms with Gasteiger partial charge in [-0.05, 0) is 19.4 Å². The number of hydrogen-bond acceptors (Lipinski definition) is 9. The second-order valence-electron chi connectivity index (χ2n) is 6.15. The van der Waals surface area contributed by atoms with Gasteiger partial charge < -0.3 is 24.3 Å². The molecule has 0 amide bonds. The lowest BCUT2D eigenvalue weighted by atomic mass is 9.95. The van der Waals surface area contributed by atoms with Crippen molar-refractivity contribution in [1.82, 2.24) is 5.32 Å². The number of nitro groups is 1. The SMILES string of the molecule is CC1=C(OC(=O)OCCCl)C(c2cccc([N+](=O)[O-])c2)=C(OC(=O)OCCCl)C(C)N1. The fourth-order valence-electron chi connectivity index (χ4n) is 2.76. The molecule has 31 heavy (non-hydrogen) atoms. The van der Waals surface area contributed by atoms with E-state index in [1.165, 1.54) is 18.2 Å². The van der Waals surface area contributed by atoms with Crippen LogP contribution in [-0.4, -0.2) is 48.2 Å². The Morgan fingerprint density at radius 3 is 2.32 bits per heavy atom. The maximum absolute atomic E-state index is 12.1. The minimum absolute atomic E-state index is 0.0293. The molecular weight excluding hydrogens is 455 g/mol. The van der Waals surface area contributed by atoms with Gasteiger partial charge in [0.25, 0.3) is 5.69 Å². The van der Waals surface area contributed by atoms with Crippen LogP contribution in [0.25, 0.3) is 5.57 Å². The van der Waals surface area contributed by atoms with Crippen LogP contribution in [0.15, 0.2) is 41.5 Å². The molecule has 12 heteroatoms. The summed E-state index contributed by atoms with van der Waals surface area (Å²) in [5.74, 6) is 0.139. The number of non-ortho nitro benzene ring substituents is 1. The number of halogens is 2. The van der Waals surface area contributed by atoms with E-state index in [4.69, 9.17) is 42.1 Å². The van der Waals surface area contributed by atoms with E-state index in [0.717, 1.165) is 0 Å². The van der Waals surface area contributed by atoms with Crippen molar-refractivity contribution in [3.63, 3.8) is 0 Å². The first-order valence-electron chi connectivity index (χ1n) is 9.06. The van der Waals surface area contributed by atoms with Gasteiger partial charge in [0, 0.05) is 12.1 Å². The van der Waals surface area contributed by atoms with Crippen molar-refractivity contribution < 1.29 is 33.5 Å². The number of dihydropyridines is 1. The van der Waals surface area contributed by atoms with Crippen molar-refractivity contribution in [2.75, 3.05) is 25.0 Å². The van der Waals surface area contributed by atoms with Gasteiger partial charge in [0.15, 0.2) is 5.76 Å². The van der Waals surface area contributed by atoms with E-state index >= 15 is 0 Å². The number of benzene rings is 1. The zero-order chi connectivity index (χ0) is 23.0. The first-order valence-corrected chi connectivity index (χ1v) is 10.1. The summed E-state index contributed by atoms with van der Waals surface area (Å²) in [6.45, 7) is 3.15. The molecule has 1 N–H and O–H groups in total. The van der Waals surface area contributed by atoms with Crippen LogP contribution in [0.5, 0.6) is 0 Å². The predicted molar refractivity (Wildman–Crippen MR) is 112 cm³/mol. The minimum Gasteiger partial charge on any atom is -0.433 e. The molecule has 1 heterocycles. The third kappa shape index (κ3) is 6.50. The van der Waals surface area contributed by atoms with Crippen molar-refractivity contribution in [3.05, 3.63) is 57.2 Å². The molecule has 0 radical (unpaired) electrons. The van der Waals surface area contributed by atoms with Gasteiger partial charge in [-0.25, -0.2) is 9.59 Å². The van der Waals surface area contributed by atoms with Crippen molar-refractivity contribution >= 4 is 46.8 Å². The Labute approximate surface area is 187 Å². The van der Waals surface area contributed by atoms with Crippen molar-refractivity contribution in [3.8, 4) is 0 Å². The zero-order valence-corrected chi connectivity index (χ0v) is 18.2. The van der Waals surface area contributed by atoms with E-state index in [2.05, 4.69) is 5.32 Å². The third-order valence-electron chi connectivity index (χ3n) is 3.96. The Kier molecular flexibility index (Phi) is 8.95. The molecule has 1 aliphatic heterocycles. The van der Waals surface area contributed by atoms with Gasteiger partial charge >= 0.3 is 12.3 Å². The molecule has 0 aromatic heterocycles. The molecule has 0 aliphatic carbocycles. The van der Waals surface area contributed by atoms with Crippen LogP contribution in [0.3, 0.4) is 0 Å². The summed E-state index contributed by atoms with van der Waals surface area (Å²) in [6.07, 6.45) is -2.07. The molecule has 0 fully saturated rings. The quantitative estimate of drug-likeness (QED) is 0.253. The Morgan fingerprint density at radius 2 is 1.74 bits per heavy atom. The van der Waals surface area contributed by atoms with Gasteiger partial charge in [0.05, 0.1) is 34.0 Å². The van der Waals surface area contributed by atoms with Crippen LogP contribution >= 0.6 is 23.2 Å². The van der Waals surface area contributed by atoms with E-state index in [-0.39, 0.29) is 53.3 Å². The van der Waals surface area contributed by atoms with Crippen LogP contribution in [0.2, 0.25) is 0 Å². The summed E-state index contributed by atoms with van der Waals surface area (Å²) in [7, 11) is 0. The first-order chi connectivity index (χ1) is 14.8. The Balaban J connectivity index is 2.57. The van der Waals surface area contributed by atoms with Gasteiger partial charge in [-0.15, -0.1) is 23.2 Å². The molecule has 168 valence electrons. The molecular formula is C19H20Cl2N2O8. The van der Waals surface area contributed by atoms with E-state index < -0.39 is 23.3 Å². The molecule has 1 atom stereocenters. The van der Waals surface area contributed by atoms with E-state index in [1.54, 1.807) is 19.9 Å². The second kappa shape index (κ2) is 11.4. The number of carbonyl (C=O) groups excluding carboxylic acids is 2. The zero-order valence-electron chi connectivity index (χ0n) is 16.7. The molecule has 1 aromatic rings.